The van der Waals surface area contributed by atoms with Crippen LogP contribution < -0.4 is 10.1 Å². The van der Waals surface area contributed by atoms with Crippen molar-refractivity contribution in [2.24, 2.45) is 0 Å². The molecule has 0 aliphatic carbocycles. The first kappa shape index (κ1) is 20.5. The summed E-state index contributed by atoms with van der Waals surface area (Å²) in [5.41, 5.74) is 0.255. The van der Waals surface area contributed by atoms with Crippen molar-refractivity contribution in [2.45, 2.75) is 6.42 Å². The van der Waals surface area contributed by atoms with Gasteiger partial charge in [-0.05, 0) is 18.2 Å². The molecule has 0 radical (unpaired) electrons. The van der Waals surface area contributed by atoms with Gasteiger partial charge in [0.2, 0.25) is 0 Å². The smallest absolute Gasteiger partial charge is 0.310 e. The Kier molecular flexibility index (Phi) is 6.98. The zero-order valence-electron chi connectivity index (χ0n) is 14.0. The maximum atomic E-state index is 12.0. The Labute approximate surface area is 164 Å². The monoisotopic (exact) mass is 412 g/mol. The topological polar surface area (TPSA) is 108 Å². The van der Waals surface area contributed by atoms with Crippen molar-refractivity contribution in [3.63, 3.8) is 0 Å². The number of methoxy groups -OCH3 is 1. The van der Waals surface area contributed by atoms with E-state index >= 15 is 0 Å². The molecule has 2 rings (SSSR count). The van der Waals surface area contributed by atoms with Crippen molar-refractivity contribution >= 4 is 46.5 Å². The number of carbonyl (C=O) groups is 2. The number of amides is 1. The summed E-state index contributed by atoms with van der Waals surface area (Å²) in [6, 6.07) is 8.52. The SMILES string of the molecule is COc1ccc([N+](=O)[O-])cc1NC(=O)COC(=O)Cc1c(Cl)cccc1Cl. The Morgan fingerprint density at radius 2 is 1.85 bits per heavy atom. The molecule has 0 aliphatic rings. The van der Waals surface area contributed by atoms with E-state index in [0.29, 0.717) is 15.6 Å². The van der Waals surface area contributed by atoms with Crippen LogP contribution in [0.25, 0.3) is 0 Å². The molecule has 0 unspecified atom stereocenters. The number of hydrogen-bond acceptors (Lipinski definition) is 6. The van der Waals surface area contributed by atoms with Crippen LogP contribution in [0.3, 0.4) is 0 Å². The number of nitrogens with one attached hydrogen (secondary N) is 1. The molecule has 10 heteroatoms. The third-order valence-corrected chi connectivity index (χ3v) is 4.12. The summed E-state index contributed by atoms with van der Waals surface area (Å²) in [5, 5.41) is 13.9. The van der Waals surface area contributed by atoms with E-state index in [4.69, 9.17) is 32.7 Å². The summed E-state index contributed by atoms with van der Waals surface area (Å²) in [5.74, 6) is -1.17. The van der Waals surface area contributed by atoms with Gasteiger partial charge in [-0.2, -0.15) is 0 Å². The van der Waals surface area contributed by atoms with Crippen LogP contribution in [0.1, 0.15) is 5.56 Å². The molecule has 27 heavy (non-hydrogen) atoms. The lowest BCUT2D eigenvalue weighted by atomic mass is 10.1. The van der Waals surface area contributed by atoms with Gasteiger partial charge in [0.25, 0.3) is 11.6 Å². The molecule has 1 amide bonds. The van der Waals surface area contributed by atoms with E-state index in [-0.39, 0.29) is 23.5 Å². The first-order valence-electron chi connectivity index (χ1n) is 7.52. The third kappa shape index (κ3) is 5.57. The normalized spacial score (nSPS) is 10.2. The molecule has 0 aliphatic heterocycles. The second-order valence-electron chi connectivity index (χ2n) is 5.23. The molecule has 0 aromatic heterocycles. The van der Waals surface area contributed by atoms with Crippen molar-refractivity contribution in [3.8, 4) is 5.75 Å². The number of nitro groups is 1. The van der Waals surface area contributed by atoms with Gasteiger partial charge < -0.3 is 14.8 Å². The highest BCUT2D eigenvalue weighted by atomic mass is 35.5. The van der Waals surface area contributed by atoms with E-state index in [1.807, 2.05) is 0 Å². The molecule has 0 spiro atoms. The van der Waals surface area contributed by atoms with Crippen molar-refractivity contribution in [1.29, 1.82) is 0 Å². The zero-order valence-corrected chi connectivity index (χ0v) is 15.5. The third-order valence-electron chi connectivity index (χ3n) is 3.42. The molecule has 0 saturated carbocycles. The van der Waals surface area contributed by atoms with Gasteiger partial charge in [0.15, 0.2) is 6.61 Å². The number of carbonyl (C=O) groups excluding carboxylic acids is 2. The Balaban J connectivity index is 1.97. The van der Waals surface area contributed by atoms with Crippen LogP contribution in [0.5, 0.6) is 5.75 Å². The first-order valence-corrected chi connectivity index (χ1v) is 8.28. The largest absolute Gasteiger partial charge is 0.495 e. The molecule has 2 aromatic carbocycles. The van der Waals surface area contributed by atoms with Crippen molar-refractivity contribution < 1.29 is 24.0 Å². The molecular formula is C17H14Cl2N2O6. The molecule has 0 heterocycles. The molecule has 0 bridgehead atoms. The number of esters is 1. The van der Waals surface area contributed by atoms with E-state index in [0.717, 1.165) is 6.07 Å². The van der Waals surface area contributed by atoms with Crippen molar-refractivity contribution in [1.82, 2.24) is 0 Å². The van der Waals surface area contributed by atoms with Crippen LogP contribution in [0.4, 0.5) is 11.4 Å². The fraction of sp³-hybridized carbons (Fsp3) is 0.176. The first-order chi connectivity index (χ1) is 12.8. The predicted molar refractivity (Wildman–Crippen MR) is 99.4 cm³/mol. The molecule has 0 saturated heterocycles. The number of anilines is 1. The van der Waals surface area contributed by atoms with E-state index in [1.54, 1.807) is 18.2 Å². The average Bonchev–Trinajstić information content (AvgIpc) is 2.63. The van der Waals surface area contributed by atoms with Crippen LogP contribution in [-0.4, -0.2) is 30.5 Å². The number of rotatable bonds is 7. The van der Waals surface area contributed by atoms with Gasteiger partial charge in [0.05, 0.1) is 24.1 Å². The number of nitrogens with zero attached hydrogens (tertiary/aromatic N) is 1. The van der Waals surface area contributed by atoms with Crippen molar-refractivity contribution in [3.05, 3.63) is 62.1 Å². The second kappa shape index (κ2) is 9.20. The highest BCUT2D eigenvalue weighted by molar-refractivity contribution is 6.36. The lowest BCUT2D eigenvalue weighted by Crippen LogP contribution is -2.22. The van der Waals surface area contributed by atoms with Gasteiger partial charge in [-0.15, -0.1) is 0 Å². The molecule has 2 aromatic rings. The van der Waals surface area contributed by atoms with Crippen LogP contribution in [0.2, 0.25) is 10.0 Å². The van der Waals surface area contributed by atoms with Crippen LogP contribution >= 0.6 is 23.2 Å². The fourth-order valence-corrected chi connectivity index (χ4v) is 2.67. The quantitative estimate of drug-likeness (QED) is 0.422. The predicted octanol–water partition coefficient (Wildman–Crippen LogP) is 3.63. The summed E-state index contributed by atoms with van der Waals surface area (Å²) in [6.45, 7) is -0.591. The zero-order chi connectivity index (χ0) is 20.0. The standard InChI is InChI=1S/C17H14Cl2N2O6/c1-26-15-6-5-10(21(24)25)7-14(15)20-16(22)9-27-17(23)8-11-12(18)3-2-4-13(11)19/h2-7H,8-9H2,1H3,(H,20,22). The van der Waals surface area contributed by atoms with Gasteiger partial charge in [-0.3, -0.25) is 19.7 Å². The fourth-order valence-electron chi connectivity index (χ4n) is 2.14. The summed E-state index contributed by atoms with van der Waals surface area (Å²) >= 11 is 12.0. The minimum absolute atomic E-state index is 0.0851. The van der Waals surface area contributed by atoms with E-state index < -0.39 is 23.4 Å². The van der Waals surface area contributed by atoms with E-state index in [1.165, 1.54) is 19.2 Å². The highest BCUT2D eigenvalue weighted by Crippen LogP contribution is 2.29. The Bertz CT molecular complexity index is 867. The van der Waals surface area contributed by atoms with Gasteiger partial charge in [-0.1, -0.05) is 29.3 Å². The minimum Gasteiger partial charge on any atom is -0.495 e. The summed E-state index contributed by atoms with van der Waals surface area (Å²) in [4.78, 5) is 34.1. The molecule has 142 valence electrons. The number of non-ortho nitro benzene ring substituents is 1. The van der Waals surface area contributed by atoms with Gasteiger partial charge in [-0.25, -0.2) is 0 Å². The highest BCUT2D eigenvalue weighted by Gasteiger charge is 2.16. The number of benzene rings is 2. The average molecular weight is 413 g/mol. The number of hydrogen-bond donors (Lipinski definition) is 1. The maximum Gasteiger partial charge on any atom is 0.310 e. The molecule has 0 fully saturated rings. The summed E-state index contributed by atoms with van der Waals surface area (Å²) in [7, 11) is 1.35. The Morgan fingerprint density at radius 3 is 2.44 bits per heavy atom. The number of ether oxygens (including phenoxy) is 2. The van der Waals surface area contributed by atoms with E-state index in [2.05, 4.69) is 5.32 Å². The van der Waals surface area contributed by atoms with Crippen molar-refractivity contribution in [2.75, 3.05) is 19.0 Å². The Hall–Kier alpha value is -2.84. The molecule has 8 nitrogen and oxygen atoms in total. The molecule has 1 N–H and O–H groups in total. The lowest BCUT2D eigenvalue weighted by molar-refractivity contribution is -0.384. The minimum atomic E-state index is -0.703. The maximum absolute atomic E-state index is 12.0. The van der Waals surface area contributed by atoms with E-state index in [9.17, 15) is 19.7 Å². The summed E-state index contributed by atoms with van der Waals surface area (Å²) < 4.78 is 9.94. The second-order valence-corrected chi connectivity index (χ2v) is 6.04. The van der Waals surface area contributed by atoms with Crippen LogP contribution in [0.15, 0.2) is 36.4 Å². The number of halogens is 2. The van der Waals surface area contributed by atoms with Crippen LogP contribution in [-0.2, 0) is 20.7 Å². The lowest BCUT2D eigenvalue weighted by Gasteiger charge is -2.11. The van der Waals surface area contributed by atoms with Gasteiger partial charge in [0.1, 0.15) is 5.75 Å². The van der Waals surface area contributed by atoms with Crippen LogP contribution in [0, 0.1) is 10.1 Å². The number of nitro benzene ring substituents is 1. The van der Waals surface area contributed by atoms with Gasteiger partial charge in [0, 0.05) is 27.7 Å². The van der Waals surface area contributed by atoms with Gasteiger partial charge >= 0.3 is 5.97 Å². The Morgan fingerprint density at radius 1 is 1.19 bits per heavy atom. The molecular weight excluding hydrogens is 399 g/mol. The molecule has 0 atom stereocenters. The summed E-state index contributed by atoms with van der Waals surface area (Å²) in [6.07, 6.45) is -0.202.